The zero-order chi connectivity index (χ0) is 18.9. The summed E-state index contributed by atoms with van der Waals surface area (Å²) in [6.07, 6.45) is 0. The van der Waals surface area contributed by atoms with Crippen LogP contribution in [0.1, 0.15) is 27.7 Å². The molecule has 0 spiro atoms. The molecule has 0 aromatic rings. The number of esters is 1. The third-order valence-electron chi connectivity index (χ3n) is 3.78. The summed E-state index contributed by atoms with van der Waals surface area (Å²) >= 11 is 0. The Hall–Kier alpha value is -2.91. The van der Waals surface area contributed by atoms with E-state index in [-0.39, 0.29) is 17.9 Å². The molecular formula is C15H20N4O6. The van der Waals surface area contributed by atoms with Crippen LogP contribution in [0.15, 0.2) is 11.3 Å². The van der Waals surface area contributed by atoms with Gasteiger partial charge in [0.25, 0.3) is 0 Å². The van der Waals surface area contributed by atoms with Gasteiger partial charge in [-0.25, -0.2) is 19.3 Å². The lowest BCUT2D eigenvalue weighted by molar-refractivity contribution is -0.143. The van der Waals surface area contributed by atoms with Crippen LogP contribution >= 0.6 is 0 Å². The largest absolute Gasteiger partial charge is 0.463 e. The maximum absolute atomic E-state index is 12.3. The zero-order valence-electron chi connectivity index (χ0n) is 14.4. The van der Waals surface area contributed by atoms with E-state index in [9.17, 15) is 24.0 Å². The first-order valence-electron chi connectivity index (χ1n) is 7.85. The lowest BCUT2D eigenvalue weighted by atomic mass is 10.0. The lowest BCUT2D eigenvalue weighted by Crippen LogP contribution is -2.52. The van der Waals surface area contributed by atoms with Crippen molar-refractivity contribution in [2.24, 2.45) is 0 Å². The van der Waals surface area contributed by atoms with Crippen LogP contribution in [0.25, 0.3) is 0 Å². The molecule has 0 radical (unpaired) electrons. The van der Waals surface area contributed by atoms with E-state index < -0.39 is 48.5 Å². The normalized spacial score (nSPS) is 21.1. The van der Waals surface area contributed by atoms with E-state index in [1.54, 1.807) is 27.7 Å². The first kappa shape index (κ1) is 18.4. The number of rotatable bonds is 5. The maximum Gasteiger partial charge on any atom is 0.337 e. The highest BCUT2D eigenvalue weighted by Gasteiger charge is 2.46. The average molecular weight is 352 g/mol. The van der Waals surface area contributed by atoms with Gasteiger partial charge in [-0.3, -0.25) is 14.5 Å². The van der Waals surface area contributed by atoms with E-state index >= 15 is 0 Å². The SMILES string of the molecule is CCOC(=O)C1=C(CN2C(=O)C(=O)N(C(C)C)C2=O)NC(=O)NC1C. The van der Waals surface area contributed by atoms with Gasteiger partial charge in [-0.2, -0.15) is 0 Å². The van der Waals surface area contributed by atoms with Crippen LogP contribution in [0.3, 0.4) is 0 Å². The second kappa shape index (κ2) is 6.91. The van der Waals surface area contributed by atoms with Gasteiger partial charge < -0.3 is 15.4 Å². The molecule has 2 aliphatic rings. The average Bonchev–Trinajstić information content (AvgIpc) is 2.70. The predicted octanol–water partition coefficient (Wildman–Crippen LogP) is -0.296. The third-order valence-corrected chi connectivity index (χ3v) is 3.78. The third kappa shape index (κ3) is 3.32. The molecule has 2 N–H and O–H groups in total. The van der Waals surface area contributed by atoms with Crippen LogP contribution in [-0.4, -0.2) is 64.9 Å². The van der Waals surface area contributed by atoms with Crippen molar-refractivity contribution in [1.82, 2.24) is 20.4 Å². The van der Waals surface area contributed by atoms with Crippen molar-refractivity contribution in [3.8, 4) is 0 Å². The fourth-order valence-corrected chi connectivity index (χ4v) is 2.68. The Kier molecular flexibility index (Phi) is 5.10. The molecule has 0 aromatic carbocycles. The predicted molar refractivity (Wildman–Crippen MR) is 83.9 cm³/mol. The number of amides is 6. The molecule has 0 aliphatic carbocycles. The molecule has 1 atom stereocenters. The van der Waals surface area contributed by atoms with Gasteiger partial charge in [0, 0.05) is 6.04 Å². The molecule has 2 rings (SSSR count). The minimum absolute atomic E-state index is 0.0507. The van der Waals surface area contributed by atoms with Crippen molar-refractivity contribution in [3.05, 3.63) is 11.3 Å². The molecule has 1 fully saturated rings. The minimum Gasteiger partial charge on any atom is -0.463 e. The first-order chi connectivity index (χ1) is 11.7. The van der Waals surface area contributed by atoms with Crippen molar-refractivity contribution in [1.29, 1.82) is 0 Å². The Bertz CT molecular complexity index is 684. The smallest absolute Gasteiger partial charge is 0.337 e. The number of carbonyl (C=O) groups is 5. The summed E-state index contributed by atoms with van der Waals surface area (Å²) in [6, 6.07) is -2.54. The summed E-state index contributed by atoms with van der Waals surface area (Å²) in [4.78, 5) is 61.8. The first-order valence-corrected chi connectivity index (χ1v) is 7.85. The van der Waals surface area contributed by atoms with Crippen LogP contribution in [0.4, 0.5) is 9.59 Å². The number of hydrogen-bond acceptors (Lipinski definition) is 6. The number of hydrogen-bond donors (Lipinski definition) is 2. The Morgan fingerprint density at radius 1 is 1.20 bits per heavy atom. The van der Waals surface area contributed by atoms with E-state index in [1.165, 1.54) is 0 Å². The number of nitrogens with one attached hydrogen (secondary N) is 2. The number of urea groups is 2. The molecule has 1 saturated heterocycles. The second-order valence-corrected chi connectivity index (χ2v) is 5.88. The zero-order valence-corrected chi connectivity index (χ0v) is 14.4. The van der Waals surface area contributed by atoms with Crippen molar-refractivity contribution in [2.45, 2.75) is 39.8 Å². The van der Waals surface area contributed by atoms with E-state index in [4.69, 9.17) is 4.74 Å². The van der Waals surface area contributed by atoms with Crippen LogP contribution in [0, 0.1) is 0 Å². The molecule has 6 amide bonds. The number of nitrogens with zero attached hydrogens (tertiary/aromatic N) is 2. The Labute approximate surface area is 144 Å². The van der Waals surface area contributed by atoms with Gasteiger partial charge in [0.15, 0.2) is 0 Å². The van der Waals surface area contributed by atoms with E-state index in [1.807, 2.05) is 0 Å². The summed E-state index contributed by atoms with van der Waals surface area (Å²) < 4.78 is 4.96. The molecule has 0 saturated carbocycles. The van der Waals surface area contributed by atoms with Gasteiger partial charge in [-0.15, -0.1) is 0 Å². The number of ether oxygens (including phenoxy) is 1. The minimum atomic E-state index is -1.00. The molecule has 2 heterocycles. The van der Waals surface area contributed by atoms with Crippen molar-refractivity contribution < 1.29 is 28.7 Å². The van der Waals surface area contributed by atoms with E-state index in [2.05, 4.69) is 10.6 Å². The molecule has 10 heteroatoms. The van der Waals surface area contributed by atoms with Gasteiger partial charge in [-0.1, -0.05) is 0 Å². The molecule has 25 heavy (non-hydrogen) atoms. The summed E-state index contributed by atoms with van der Waals surface area (Å²) in [6.45, 7) is 6.12. The molecule has 0 aromatic heterocycles. The van der Waals surface area contributed by atoms with Crippen LogP contribution < -0.4 is 10.6 Å². The molecule has 0 bridgehead atoms. The monoisotopic (exact) mass is 352 g/mol. The summed E-state index contributed by atoms with van der Waals surface area (Å²) in [5.41, 5.74) is 0.146. The number of carbonyl (C=O) groups excluding carboxylic acids is 5. The highest BCUT2D eigenvalue weighted by molar-refractivity contribution is 6.44. The highest BCUT2D eigenvalue weighted by Crippen LogP contribution is 2.20. The molecule has 136 valence electrons. The van der Waals surface area contributed by atoms with Crippen molar-refractivity contribution in [3.63, 3.8) is 0 Å². The Balaban J connectivity index is 2.37. The van der Waals surface area contributed by atoms with Gasteiger partial charge in [-0.05, 0) is 27.7 Å². The van der Waals surface area contributed by atoms with Gasteiger partial charge in [0.05, 0.1) is 30.5 Å². The van der Waals surface area contributed by atoms with Crippen LogP contribution in [0.2, 0.25) is 0 Å². The fourth-order valence-electron chi connectivity index (χ4n) is 2.68. The fraction of sp³-hybridized carbons (Fsp3) is 0.533. The van der Waals surface area contributed by atoms with Gasteiger partial charge in [0.1, 0.15) is 0 Å². The molecular weight excluding hydrogens is 332 g/mol. The van der Waals surface area contributed by atoms with Crippen molar-refractivity contribution >= 4 is 29.8 Å². The maximum atomic E-state index is 12.3. The Morgan fingerprint density at radius 2 is 1.84 bits per heavy atom. The van der Waals surface area contributed by atoms with Crippen molar-refractivity contribution in [2.75, 3.05) is 13.2 Å². The molecule has 2 aliphatic heterocycles. The van der Waals surface area contributed by atoms with Crippen LogP contribution in [0.5, 0.6) is 0 Å². The topological polar surface area (TPSA) is 125 Å². The van der Waals surface area contributed by atoms with Gasteiger partial charge >= 0.3 is 29.8 Å². The number of imide groups is 2. The van der Waals surface area contributed by atoms with E-state index in [0.717, 1.165) is 4.90 Å². The quantitative estimate of drug-likeness (QED) is 0.398. The van der Waals surface area contributed by atoms with Gasteiger partial charge in [0.2, 0.25) is 0 Å². The van der Waals surface area contributed by atoms with E-state index in [0.29, 0.717) is 4.90 Å². The second-order valence-electron chi connectivity index (χ2n) is 5.88. The standard InChI is InChI=1S/C15H20N4O6/c1-5-25-13(22)10-8(4)16-14(23)17-9(10)6-18-11(20)12(21)19(7(2)3)15(18)24/h7-8H,5-6H2,1-4H3,(H2,16,17,23). The summed E-state index contributed by atoms with van der Waals surface area (Å²) in [7, 11) is 0. The summed E-state index contributed by atoms with van der Waals surface area (Å²) in [5, 5.41) is 4.92. The lowest BCUT2D eigenvalue weighted by Gasteiger charge is -2.28. The summed E-state index contributed by atoms with van der Waals surface area (Å²) in [5.74, 6) is -2.62. The highest BCUT2D eigenvalue weighted by atomic mass is 16.5. The molecule has 10 nitrogen and oxygen atoms in total. The van der Waals surface area contributed by atoms with Crippen LogP contribution in [-0.2, 0) is 19.1 Å². The molecule has 1 unspecified atom stereocenters. The Morgan fingerprint density at radius 3 is 2.36 bits per heavy atom.